The highest BCUT2D eigenvalue weighted by molar-refractivity contribution is 5.66. The molecule has 0 bridgehead atoms. The van der Waals surface area contributed by atoms with Crippen LogP contribution in [0.3, 0.4) is 0 Å². The first-order valence-electron chi connectivity index (χ1n) is 5.35. The van der Waals surface area contributed by atoms with E-state index in [2.05, 4.69) is 0 Å². The van der Waals surface area contributed by atoms with E-state index in [1.807, 2.05) is 38.1 Å². The molecule has 2 atom stereocenters. The zero-order valence-corrected chi connectivity index (χ0v) is 10.2. The first-order chi connectivity index (χ1) is 7.54. The van der Waals surface area contributed by atoms with Gasteiger partial charge in [-0.25, -0.2) is 0 Å². The fraction of sp³-hybridized carbons (Fsp3) is 0.462. The minimum atomic E-state index is -0.243. The lowest BCUT2D eigenvalue weighted by Crippen LogP contribution is -2.19. The summed E-state index contributed by atoms with van der Waals surface area (Å²) >= 11 is 0. The third-order valence-electron chi connectivity index (χ3n) is 2.70. The van der Waals surface area contributed by atoms with Crippen molar-refractivity contribution in [1.29, 1.82) is 0 Å². The molecule has 0 radical (unpaired) electrons. The van der Waals surface area contributed by atoms with E-state index in [0.29, 0.717) is 0 Å². The third kappa shape index (κ3) is 3.26. The lowest BCUT2D eigenvalue weighted by Gasteiger charge is -2.20. The average molecular weight is 222 g/mol. The van der Waals surface area contributed by atoms with Crippen molar-refractivity contribution in [3.8, 4) is 5.75 Å². The van der Waals surface area contributed by atoms with Crippen LogP contribution < -0.4 is 4.74 Å². The quantitative estimate of drug-likeness (QED) is 0.735. The Kier molecular flexibility index (Phi) is 4.35. The van der Waals surface area contributed by atoms with Crippen molar-refractivity contribution >= 4 is 5.97 Å². The van der Waals surface area contributed by atoms with E-state index in [1.165, 1.54) is 6.92 Å². The molecule has 0 saturated carbocycles. The van der Waals surface area contributed by atoms with Crippen molar-refractivity contribution in [1.82, 2.24) is 0 Å². The van der Waals surface area contributed by atoms with Crippen LogP contribution in [0.25, 0.3) is 0 Å². The van der Waals surface area contributed by atoms with E-state index in [9.17, 15) is 4.79 Å². The first kappa shape index (κ1) is 12.6. The van der Waals surface area contributed by atoms with Crippen LogP contribution in [-0.2, 0) is 9.53 Å². The van der Waals surface area contributed by atoms with E-state index in [4.69, 9.17) is 9.47 Å². The summed E-state index contributed by atoms with van der Waals surface area (Å²) in [4.78, 5) is 10.8. The van der Waals surface area contributed by atoms with Crippen molar-refractivity contribution in [2.45, 2.75) is 32.8 Å². The van der Waals surface area contributed by atoms with Crippen LogP contribution in [0.15, 0.2) is 24.3 Å². The smallest absolute Gasteiger partial charge is 0.302 e. The van der Waals surface area contributed by atoms with Crippen molar-refractivity contribution in [3.63, 3.8) is 0 Å². The van der Waals surface area contributed by atoms with Crippen LogP contribution in [0.4, 0.5) is 0 Å². The molecule has 0 N–H and O–H groups in total. The van der Waals surface area contributed by atoms with Gasteiger partial charge in [0.25, 0.3) is 0 Å². The van der Waals surface area contributed by atoms with Crippen LogP contribution >= 0.6 is 0 Å². The molecule has 0 heterocycles. The fourth-order valence-corrected chi connectivity index (χ4v) is 1.54. The minimum Gasteiger partial charge on any atom is -0.497 e. The minimum absolute atomic E-state index is 0.120. The van der Waals surface area contributed by atoms with Crippen LogP contribution in [-0.4, -0.2) is 19.2 Å². The summed E-state index contributed by atoms with van der Waals surface area (Å²) in [6, 6.07) is 7.80. The number of hydrogen-bond donors (Lipinski definition) is 0. The molecule has 0 unspecified atom stereocenters. The molecular formula is C13H18O3. The highest BCUT2D eigenvalue weighted by Gasteiger charge is 2.16. The van der Waals surface area contributed by atoms with E-state index < -0.39 is 0 Å². The molecule has 3 heteroatoms. The molecule has 0 saturated heterocycles. The van der Waals surface area contributed by atoms with Gasteiger partial charge in [0.05, 0.1) is 7.11 Å². The topological polar surface area (TPSA) is 35.5 Å². The van der Waals surface area contributed by atoms with Gasteiger partial charge in [-0.1, -0.05) is 19.1 Å². The zero-order chi connectivity index (χ0) is 12.1. The second-order valence-electron chi connectivity index (χ2n) is 3.88. The van der Waals surface area contributed by atoms with Gasteiger partial charge in [0.15, 0.2) is 0 Å². The number of benzene rings is 1. The van der Waals surface area contributed by atoms with E-state index in [-0.39, 0.29) is 18.0 Å². The molecule has 1 aromatic carbocycles. The van der Waals surface area contributed by atoms with Gasteiger partial charge in [-0.15, -0.1) is 0 Å². The Morgan fingerprint density at radius 3 is 2.19 bits per heavy atom. The molecule has 0 aromatic heterocycles. The maximum absolute atomic E-state index is 10.8. The number of ether oxygens (including phenoxy) is 2. The summed E-state index contributed by atoms with van der Waals surface area (Å²) in [6.07, 6.45) is -0.120. The monoisotopic (exact) mass is 222 g/mol. The highest BCUT2D eigenvalue weighted by atomic mass is 16.5. The Labute approximate surface area is 96.4 Å². The first-order valence-corrected chi connectivity index (χ1v) is 5.35. The maximum atomic E-state index is 10.8. The van der Waals surface area contributed by atoms with Gasteiger partial charge in [-0.2, -0.15) is 0 Å². The standard InChI is InChI=1S/C13H18O3/c1-9(10(2)16-11(3)14)12-5-7-13(15-4)8-6-12/h5-10H,1-4H3/t9-,10-/m0/s1. The number of hydrogen-bond acceptors (Lipinski definition) is 3. The normalized spacial score (nSPS) is 14.0. The number of carbonyl (C=O) groups excluding carboxylic acids is 1. The maximum Gasteiger partial charge on any atom is 0.302 e. The second kappa shape index (κ2) is 5.54. The molecule has 1 rings (SSSR count). The Hall–Kier alpha value is -1.51. The molecule has 0 fully saturated rings. The summed E-state index contributed by atoms with van der Waals surface area (Å²) in [7, 11) is 1.64. The molecule has 1 aromatic rings. The number of methoxy groups -OCH3 is 1. The Bertz CT molecular complexity index is 343. The molecule has 16 heavy (non-hydrogen) atoms. The predicted molar refractivity (Wildman–Crippen MR) is 62.6 cm³/mol. The van der Waals surface area contributed by atoms with Crippen LogP contribution in [0.2, 0.25) is 0 Å². The van der Waals surface area contributed by atoms with Crippen LogP contribution in [0.1, 0.15) is 32.3 Å². The van der Waals surface area contributed by atoms with Gasteiger partial charge in [0, 0.05) is 12.8 Å². The zero-order valence-electron chi connectivity index (χ0n) is 10.2. The van der Waals surface area contributed by atoms with E-state index in [0.717, 1.165) is 11.3 Å². The largest absolute Gasteiger partial charge is 0.497 e. The lowest BCUT2D eigenvalue weighted by atomic mass is 9.96. The molecule has 0 aliphatic rings. The highest BCUT2D eigenvalue weighted by Crippen LogP contribution is 2.23. The summed E-state index contributed by atoms with van der Waals surface area (Å²) in [5.41, 5.74) is 1.13. The SMILES string of the molecule is COc1ccc([C@@H](C)[C@H](C)OC(C)=O)cc1. The molecule has 0 aliphatic heterocycles. The average Bonchev–Trinajstić information content (AvgIpc) is 2.27. The van der Waals surface area contributed by atoms with Crippen molar-refractivity contribution < 1.29 is 14.3 Å². The van der Waals surface area contributed by atoms with Gasteiger partial charge in [0.2, 0.25) is 0 Å². The van der Waals surface area contributed by atoms with Gasteiger partial charge >= 0.3 is 5.97 Å². The van der Waals surface area contributed by atoms with E-state index in [1.54, 1.807) is 7.11 Å². The number of carbonyl (C=O) groups is 1. The van der Waals surface area contributed by atoms with Gasteiger partial charge < -0.3 is 9.47 Å². The van der Waals surface area contributed by atoms with Gasteiger partial charge in [-0.3, -0.25) is 4.79 Å². The number of rotatable bonds is 4. The molecule has 0 spiro atoms. The van der Waals surface area contributed by atoms with Gasteiger partial charge in [0.1, 0.15) is 11.9 Å². The van der Waals surface area contributed by atoms with Crippen molar-refractivity contribution in [2.75, 3.05) is 7.11 Å². The molecule has 88 valence electrons. The summed E-state index contributed by atoms with van der Waals surface area (Å²) in [6.45, 7) is 5.36. The van der Waals surface area contributed by atoms with Crippen molar-refractivity contribution in [2.24, 2.45) is 0 Å². The van der Waals surface area contributed by atoms with Crippen LogP contribution in [0.5, 0.6) is 5.75 Å². The lowest BCUT2D eigenvalue weighted by molar-refractivity contribution is -0.146. The van der Waals surface area contributed by atoms with Gasteiger partial charge in [-0.05, 0) is 24.6 Å². The second-order valence-corrected chi connectivity index (χ2v) is 3.88. The summed E-state index contributed by atoms with van der Waals surface area (Å²) < 4.78 is 10.2. The third-order valence-corrected chi connectivity index (χ3v) is 2.70. The Morgan fingerprint density at radius 1 is 1.19 bits per heavy atom. The van der Waals surface area contributed by atoms with Crippen LogP contribution in [0, 0.1) is 0 Å². The molecule has 0 aliphatic carbocycles. The molecular weight excluding hydrogens is 204 g/mol. The summed E-state index contributed by atoms with van der Waals surface area (Å²) in [5, 5.41) is 0. The fourth-order valence-electron chi connectivity index (χ4n) is 1.54. The van der Waals surface area contributed by atoms with Crippen molar-refractivity contribution in [3.05, 3.63) is 29.8 Å². The Balaban J connectivity index is 2.71. The molecule has 0 amide bonds. The summed E-state index contributed by atoms with van der Waals surface area (Å²) in [5.74, 6) is 0.763. The number of esters is 1. The predicted octanol–water partition coefficient (Wildman–Crippen LogP) is 2.75. The molecule has 3 nitrogen and oxygen atoms in total. The Morgan fingerprint density at radius 2 is 1.75 bits per heavy atom. The van der Waals surface area contributed by atoms with E-state index >= 15 is 0 Å².